The van der Waals surface area contributed by atoms with Gasteiger partial charge in [-0.1, -0.05) is 18.2 Å². The molecule has 1 aliphatic rings. The Bertz CT molecular complexity index is 935. The zero-order chi connectivity index (χ0) is 20.1. The van der Waals surface area contributed by atoms with Crippen molar-refractivity contribution in [3.05, 3.63) is 82.3 Å². The van der Waals surface area contributed by atoms with Crippen LogP contribution in [0.3, 0.4) is 0 Å². The number of aromatic nitrogens is 2. The predicted molar refractivity (Wildman–Crippen MR) is 111 cm³/mol. The van der Waals surface area contributed by atoms with Crippen molar-refractivity contribution in [3.63, 3.8) is 0 Å². The summed E-state index contributed by atoms with van der Waals surface area (Å²) in [6.45, 7) is 2.49. The number of likely N-dealkylation sites (tertiary alicyclic amines) is 1. The average Bonchev–Trinajstić information content (AvgIpc) is 3.27. The molecule has 0 saturated carbocycles. The monoisotopic (exact) mass is 410 g/mol. The molecule has 0 radical (unpaired) electrons. The highest BCUT2D eigenvalue weighted by Gasteiger charge is 2.31. The quantitative estimate of drug-likeness (QED) is 0.666. The van der Waals surface area contributed by atoms with E-state index < -0.39 is 0 Å². The highest BCUT2D eigenvalue weighted by atomic mass is 32.1. The molecule has 0 unspecified atom stereocenters. The molecule has 150 valence electrons. The van der Waals surface area contributed by atoms with Crippen molar-refractivity contribution < 1.29 is 9.18 Å². The Morgan fingerprint density at radius 1 is 1.24 bits per heavy atom. The van der Waals surface area contributed by atoms with Gasteiger partial charge in [-0.05, 0) is 55.1 Å². The molecule has 1 N–H and O–H groups in total. The molecule has 5 nitrogen and oxygen atoms in total. The molecule has 1 aromatic carbocycles. The number of benzene rings is 1. The summed E-state index contributed by atoms with van der Waals surface area (Å²) in [6, 6.07) is 11.9. The Kier molecular flexibility index (Phi) is 6.27. The second kappa shape index (κ2) is 9.24. The van der Waals surface area contributed by atoms with E-state index >= 15 is 0 Å². The first kappa shape index (κ1) is 19.7. The van der Waals surface area contributed by atoms with Crippen LogP contribution in [-0.2, 0) is 6.54 Å². The Morgan fingerprint density at radius 2 is 2.17 bits per heavy atom. The molecule has 1 fully saturated rings. The van der Waals surface area contributed by atoms with E-state index in [4.69, 9.17) is 0 Å². The molecule has 1 aliphatic heterocycles. The van der Waals surface area contributed by atoms with E-state index in [2.05, 4.69) is 20.2 Å². The molecule has 2 aromatic heterocycles. The number of nitrogens with one attached hydrogen (secondary N) is 1. The summed E-state index contributed by atoms with van der Waals surface area (Å²) < 4.78 is 13.5. The number of rotatable bonds is 6. The molecule has 3 heterocycles. The molecule has 7 heteroatoms. The van der Waals surface area contributed by atoms with E-state index in [0.29, 0.717) is 12.2 Å². The van der Waals surface area contributed by atoms with Gasteiger partial charge >= 0.3 is 0 Å². The Hall–Kier alpha value is -2.64. The topological polar surface area (TPSA) is 58.1 Å². The fourth-order valence-electron chi connectivity index (χ4n) is 3.88. The second-order valence-corrected chi connectivity index (χ2v) is 8.23. The Balaban J connectivity index is 1.49. The number of halogens is 1. The predicted octanol–water partition coefficient (Wildman–Crippen LogP) is 4.06. The van der Waals surface area contributed by atoms with Gasteiger partial charge in [-0.3, -0.25) is 14.7 Å². The SMILES string of the molecule is O=C(N[C@H](c1nccs1)[C@@H]1CCCN(Cc2cccc(F)c2)C1)c1ccccn1. The summed E-state index contributed by atoms with van der Waals surface area (Å²) >= 11 is 1.55. The minimum Gasteiger partial charge on any atom is -0.341 e. The number of piperidine rings is 1. The molecule has 1 amide bonds. The lowest BCUT2D eigenvalue weighted by Gasteiger charge is -2.36. The first-order valence-electron chi connectivity index (χ1n) is 9.77. The first-order valence-corrected chi connectivity index (χ1v) is 10.6. The maximum atomic E-state index is 13.5. The molecule has 29 heavy (non-hydrogen) atoms. The number of carbonyl (C=O) groups is 1. The van der Waals surface area contributed by atoms with Crippen LogP contribution in [0.25, 0.3) is 0 Å². The van der Waals surface area contributed by atoms with E-state index in [-0.39, 0.29) is 23.7 Å². The van der Waals surface area contributed by atoms with Crippen molar-refractivity contribution in [2.45, 2.75) is 25.4 Å². The number of hydrogen-bond donors (Lipinski definition) is 1. The summed E-state index contributed by atoms with van der Waals surface area (Å²) in [7, 11) is 0. The average molecular weight is 411 g/mol. The van der Waals surface area contributed by atoms with Gasteiger partial charge in [0, 0.05) is 30.9 Å². The fourth-order valence-corrected chi connectivity index (χ4v) is 4.66. The van der Waals surface area contributed by atoms with Crippen molar-refractivity contribution >= 4 is 17.2 Å². The number of nitrogens with zero attached hydrogens (tertiary/aromatic N) is 3. The van der Waals surface area contributed by atoms with Crippen molar-refractivity contribution in [1.29, 1.82) is 0 Å². The standard InChI is InChI=1S/C22H23FN4OS/c23-18-7-3-5-16(13-18)14-27-11-4-6-17(15-27)20(22-25-10-12-29-22)26-21(28)19-8-1-2-9-24-19/h1-3,5,7-10,12-13,17,20H,4,6,11,14-15H2,(H,26,28)/t17-,20+/m1/s1. The number of hydrogen-bond acceptors (Lipinski definition) is 5. The van der Waals surface area contributed by atoms with Crippen molar-refractivity contribution in [3.8, 4) is 0 Å². The Morgan fingerprint density at radius 3 is 2.93 bits per heavy atom. The molecule has 4 rings (SSSR count). The highest BCUT2D eigenvalue weighted by Crippen LogP contribution is 2.32. The second-order valence-electron chi connectivity index (χ2n) is 7.30. The molecule has 0 bridgehead atoms. The maximum absolute atomic E-state index is 13.5. The smallest absolute Gasteiger partial charge is 0.270 e. The largest absolute Gasteiger partial charge is 0.341 e. The van der Waals surface area contributed by atoms with Crippen LogP contribution < -0.4 is 5.32 Å². The van der Waals surface area contributed by atoms with E-state index in [1.54, 1.807) is 48.0 Å². The molecule has 2 atom stereocenters. The molecule has 1 saturated heterocycles. The number of pyridine rings is 1. The Labute approximate surface area is 173 Å². The van der Waals surface area contributed by atoms with Crippen LogP contribution in [0.5, 0.6) is 0 Å². The van der Waals surface area contributed by atoms with E-state index in [1.807, 2.05) is 17.5 Å². The summed E-state index contributed by atoms with van der Waals surface area (Å²) in [5.41, 5.74) is 1.37. The van der Waals surface area contributed by atoms with Gasteiger partial charge in [0.15, 0.2) is 0 Å². The van der Waals surface area contributed by atoms with E-state index in [9.17, 15) is 9.18 Å². The van der Waals surface area contributed by atoms with E-state index in [0.717, 1.165) is 36.5 Å². The van der Waals surface area contributed by atoms with Crippen LogP contribution in [0.15, 0.2) is 60.2 Å². The van der Waals surface area contributed by atoms with Gasteiger partial charge in [0.25, 0.3) is 5.91 Å². The molecule has 0 spiro atoms. The number of thiazole rings is 1. The van der Waals surface area contributed by atoms with Crippen molar-refractivity contribution in [1.82, 2.24) is 20.2 Å². The van der Waals surface area contributed by atoms with Gasteiger partial charge in [-0.15, -0.1) is 11.3 Å². The van der Waals surface area contributed by atoms with Crippen LogP contribution in [0.4, 0.5) is 4.39 Å². The molecular formula is C22H23FN4OS. The number of amides is 1. The third-order valence-electron chi connectivity index (χ3n) is 5.21. The van der Waals surface area contributed by atoms with Gasteiger partial charge in [0.05, 0.1) is 6.04 Å². The van der Waals surface area contributed by atoms with Gasteiger partial charge in [-0.2, -0.15) is 0 Å². The van der Waals surface area contributed by atoms with Gasteiger partial charge in [0.2, 0.25) is 0 Å². The van der Waals surface area contributed by atoms with Gasteiger partial charge in [-0.25, -0.2) is 9.37 Å². The lowest BCUT2D eigenvalue weighted by Crippen LogP contribution is -2.42. The summed E-state index contributed by atoms with van der Waals surface area (Å²) in [6.07, 6.45) is 5.43. The first-order chi connectivity index (χ1) is 14.2. The summed E-state index contributed by atoms with van der Waals surface area (Å²) in [5, 5.41) is 6.00. The fraction of sp³-hybridized carbons (Fsp3) is 0.318. The van der Waals surface area contributed by atoms with Crippen molar-refractivity contribution in [2.24, 2.45) is 5.92 Å². The zero-order valence-corrected chi connectivity index (χ0v) is 16.8. The normalized spacial score (nSPS) is 18.3. The lowest BCUT2D eigenvalue weighted by molar-refractivity contribution is 0.0873. The number of carbonyl (C=O) groups excluding carboxylic acids is 1. The third-order valence-corrected chi connectivity index (χ3v) is 6.07. The molecular weight excluding hydrogens is 387 g/mol. The van der Waals surface area contributed by atoms with Crippen LogP contribution in [0.1, 0.15) is 39.9 Å². The zero-order valence-electron chi connectivity index (χ0n) is 16.0. The minimum absolute atomic E-state index is 0.167. The summed E-state index contributed by atoms with van der Waals surface area (Å²) in [5.74, 6) is -0.163. The van der Waals surface area contributed by atoms with Crippen LogP contribution in [-0.4, -0.2) is 33.9 Å². The molecule has 3 aromatic rings. The van der Waals surface area contributed by atoms with Crippen LogP contribution in [0.2, 0.25) is 0 Å². The van der Waals surface area contributed by atoms with Gasteiger partial charge < -0.3 is 5.32 Å². The minimum atomic E-state index is -0.209. The highest BCUT2D eigenvalue weighted by molar-refractivity contribution is 7.09. The third kappa shape index (κ3) is 5.05. The van der Waals surface area contributed by atoms with Gasteiger partial charge in [0.1, 0.15) is 16.5 Å². The van der Waals surface area contributed by atoms with E-state index in [1.165, 1.54) is 6.07 Å². The van der Waals surface area contributed by atoms with Crippen LogP contribution >= 0.6 is 11.3 Å². The van der Waals surface area contributed by atoms with Crippen molar-refractivity contribution in [2.75, 3.05) is 13.1 Å². The lowest BCUT2D eigenvalue weighted by atomic mass is 9.90. The molecule has 0 aliphatic carbocycles. The summed E-state index contributed by atoms with van der Waals surface area (Å²) in [4.78, 5) is 23.7. The maximum Gasteiger partial charge on any atom is 0.270 e. The van der Waals surface area contributed by atoms with Crippen LogP contribution in [0, 0.1) is 11.7 Å².